The maximum Gasteiger partial charge on any atom is 0.147 e. The molecule has 1 heterocycles. The predicted octanol–water partition coefficient (Wildman–Crippen LogP) is 1.67. The molecule has 112 valence electrons. The number of hydrogen-bond donors (Lipinski definition) is 1. The van der Waals surface area contributed by atoms with Crippen LogP contribution in [-0.2, 0) is 21.0 Å². The van der Waals surface area contributed by atoms with Gasteiger partial charge in [0.25, 0.3) is 0 Å². The average Bonchev–Trinajstić information content (AvgIpc) is 2.40. The smallest absolute Gasteiger partial charge is 0.147 e. The lowest BCUT2D eigenvalue weighted by Gasteiger charge is -2.30. The molecule has 1 fully saturated rings. The lowest BCUT2D eigenvalue weighted by atomic mass is 10.0. The van der Waals surface area contributed by atoms with Crippen LogP contribution in [-0.4, -0.2) is 45.7 Å². The molecule has 1 aliphatic heterocycles. The van der Waals surface area contributed by atoms with E-state index in [-0.39, 0.29) is 17.9 Å². The Balaban J connectivity index is 1.75. The fraction of sp³-hybridized carbons (Fsp3) is 0.571. The highest BCUT2D eigenvalue weighted by atomic mass is 35.5. The van der Waals surface area contributed by atoms with Crippen LogP contribution in [0.25, 0.3) is 0 Å². The van der Waals surface area contributed by atoms with Crippen LogP contribution < -0.4 is 5.32 Å². The van der Waals surface area contributed by atoms with E-state index in [0.29, 0.717) is 19.6 Å². The fourth-order valence-corrected chi connectivity index (χ4v) is 3.05. The van der Waals surface area contributed by atoms with Crippen molar-refractivity contribution in [2.45, 2.75) is 25.0 Å². The number of halogens is 1. The van der Waals surface area contributed by atoms with Crippen molar-refractivity contribution in [2.75, 3.05) is 25.2 Å². The van der Waals surface area contributed by atoms with Gasteiger partial charge in [0.05, 0.1) is 18.5 Å². The van der Waals surface area contributed by atoms with Crippen LogP contribution in [0.1, 0.15) is 12.0 Å². The molecule has 0 aliphatic carbocycles. The van der Waals surface area contributed by atoms with Crippen LogP contribution in [0, 0.1) is 0 Å². The normalized spacial score (nSPS) is 23.7. The van der Waals surface area contributed by atoms with Crippen LogP contribution in [0.4, 0.5) is 0 Å². The van der Waals surface area contributed by atoms with E-state index in [2.05, 4.69) is 5.32 Å². The van der Waals surface area contributed by atoms with E-state index in [4.69, 9.17) is 16.3 Å². The van der Waals surface area contributed by atoms with Gasteiger partial charge in [0.15, 0.2) is 0 Å². The quantitative estimate of drug-likeness (QED) is 0.897. The first-order valence-electron chi connectivity index (χ1n) is 6.69. The molecule has 0 spiro atoms. The second-order valence-corrected chi connectivity index (χ2v) is 8.01. The minimum absolute atomic E-state index is 0.00815. The van der Waals surface area contributed by atoms with Gasteiger partial charge in [0, 0.05) is 23.9 Å². The molecule has 0 saturated carbocycles. The van der Waals surface area contributed by atoms with Crippen molar-refractivity contribution in [2.24, 2.45) is 0 Å². The Morgan fingerprint density at radius 2 is 2.05 bits per heavy atom. The monoisotopic (exact) mass is 317 g/mol. The number of sulfone groups is 1. The molecule has 6 heteroatoms. The molecule has 1 aromatic carbocycles. The number of rotatable bonds is 5. The van der Waals surface area contributed by atoms with Crippen molar-refractivity contribution in [3.8, 4) is 0 Å². The van der Waals surface area contributed by atoms with Gasteiger partial charge in [-0.3, -0.25) is 0 Å². The Hall–Kier alpha value is -0.620. The van der Waals surface area contributed by atoms with E-state index < -0.39 is 9.84 Å². The summed E-state index contributed by atoms with van der Waals surface area (Å²) in [6.45, 7) is 1.31. The summed E-state index contributed by atoms with van der Waals surface area (Å²) >= 11 is 5.86. The molecule has 20 heavy (non-hydrogen) atoms. The summed E-state index contributed by atoms with van der Waals surface area (Å²) in [5, 5.41) is 4.15. The highest BCUT2D eigenvalue weighted by Crippen LogP contribution is 2.14. The van der Waals surface area contributed by atoms with E-state index in [0.717, 1.165) is 11.4 Å². The van der Waals surface area contributed by atoms with Crippen molar-refractivity contribution in [1.82, 2.24) is 5.32 Å². The zero-order valence-electron chi connectivity index (χ0n) is 11.5. The summed E-state index contributed by atoms with van der Waals surface area (Å²) < 4.78 is 28.0. The minimum atomic E-state index is -2.91. The topological polar surface area (TPSA) is 55.4 Å². The van der Waals surface area contributed by atoms with Crippen LogP contribution in [0.2, 0.25) is 5.02 Å². The van der Waals surface area contributed by atoms with E-state index in [1.807, 2.05) is 24.3 Å². The van der Waals surface area contributed by atoms with Gasteiger partial charge in [-0.15, -0.1) is 0 Å². The molecule has 1 N–H and O–H groups in total. The van der Waals surface area contributed by atoms with Gasteiger partial charge in [-0.25, -0.2) is 8.42 Å². The van der Waals surface area contributed by atoms with Gasteiger partial charge in [0.2, 0.25) is 0 Å². The SMILES string of the molecule is CS(=O)(=O)CC[C@H]1CN[C@@H](Cc2ccc(Cl)cc2)CO1. The summed E-state index contributed by atoms with van der Waals surface area (Å²) in [4.78, 5) is 0. The minimum Gasteiger partial charge on any atom is -0.375 e. The molecule has 0 aromatic heterocycles. The van der Waals surface area contributed by atoms with Crippen LogP contribution in [0.3, 0.4) is 0 Å². The molecule has 1 aliphatic rings. The van der Waals surface area contributed by atoms with E-state index in [1.54, 1.807) is 0 Å². The van der Waals surface area contributed by atoms with Crippen molar-refractivity contribution in [3.05, 3.63) is 34.9 Å². The molecule has 2 atom stereocenters. The van der Waals surface area contributed by atoms with Crippen molar-refractivity contribution in [1.29, 1.82) is 0 Å². The van der Waals surface area contributed by atoms with Crippen LogP contribution in [0.15, 0.2) is 24.3 Å². The Bertz CT molecular complexity index is 522. The summed E-state index contributed by atoms with van der Waals surface area (Å²) in [7, 11) is -2.91. The lowest BCUT2D eigenvalue weighted by Crippen LogP contribution is -2.47. The van der Waals surface area contributed by atoms with Gasteiger partial charge >= 0.3 is 0 Å². The summed E-state index contributed by atoms with van der Waals surface area (Å²) in [5.74, 6) is 0.182. The summed E-state index contributed by atoms with van der Waals surface area (Å²) in [6, 6.07) is 8.07. The number of ether oxygens (including phenoxy) is 1. The molecular weight excluding hydrogens is 298 g/mol. The van der Waals surface area contributed by atoms with Gasteiger partial charge < -0.3 is 10.1 Å². The molecule has 0 unspecified atom stereocenters. The molecule has 0 bridgehead atoms. The highest BCUT2D eigenvalue weighted by molar-refractivity contribution is 7.90. The molecule has 2 rings (SSSR count). The van der Waals surface area contributed by atoms with Gasteiger partial charge in [0.1, 0.15) is 9.84 Å². The third-order valence-corrected chi connectivity index (χ3v) is 4.60. The maximum atomic E-state index is 11.1. The molecule has 0 radical (unpaired) electrons. The predicted molar refractivity (Wildman–Crippen MR) is 81.0 cm³/mol. The van der Waals surface area contributed by atoms with Crippen LogP contribution in [0.5, 0.6) is 0 Å². The molecular formula is C14H20ClNO3S. The van der Waals surface area contributed by atoms with E-state index in [9.17, 15) is 8.42 Å². The number of nitrogens with one attached hydrogen (secondary N) is 1. The largest absolute Gasteiger partial charge is 0.375 e. The van der Waals surface area contributed by atoms with E-state index in [1.165, 1.54) is 11.8 Å². The zero-order valence-corrected chi connectivity index (χ0v) is 13.1. The van der Waals surface area contributed by atoms with Crippen LogP contribution >= 0.6 is 11.6 Å². The average molecular weight is 318 g/mol. The first-order valence-corrected chi connectivity index (χ1v) is 9.13. The van der Waals surface area contributed by atoms with Gasteiger partial charge in [-0.1, -0.05) is 23.7 Å². The van der Waals surface area contributed by atoms with Crippen molar-refractivity contribution < 1.29 is 13.2 Å². The lowest BCUT2D eigenvalue weighted by molar-refractivity contribution is 0.00316. The first kappa shape index (κ1) is 15.8. The van der Waals surface area contributed by atoms with Gasteiger partial charge in [-0.2, -0.15) is 0 Å². The Morgan fingerprint density at radius 3 is 2.60 bits per heavy atom. The first-order chi connectivity index (χ1) is 9.42. The number of benzene rings is 1. The Kier molecular flexibility index (Phi) is 5.43. The Labute approximate surface area is 125 Å². The summed E-state index contributed by atoms with van der Waals surface area (Å²) in [6.07, 6.45) is 2.69. The van der Waals surface area contributed by atoms with Gasteiger partial charge in [-0.05, 0) is 30.5 Å². The maximum absolute atomic E-state index is 11.1. The third kappa shape index (κ3) is 5.40. The summed E-state index contributed by atoms with van der Waals surface area (Å²) in [5.41, 5.74) is 1.21. The molecule has 4 nitrogen and oxygen atoms in total. The zero-order chi connectivity index (χ0) is 14.6. The van der Waals surface area contributed by atoms with E-state index >= 15 is 0 Å². The fourth-order valence-electron chi connectivity index (χ4n) is 2.24. The second-order valence-electron chi connectivity index (χ2n) is 5.31. The number of morpholine rings is 1. The van der Waals surface area contributed by atoms with Crippen molar-refractivity contribution in [3.63, 3.8) is 0 Å². The second kappa shape index (κ2) is 6.89. The third-order valence-electron chi connectivity index (χ3n) is 3.37. The highest BCUT2D eigenvalue weighted by Gasteiger charge is 2.22. The molecule has 0 amide bonds. The molecule has 1 saturated heterocycles. The Morgan fingerprint density at radius 1 is 1.35 bits per heavy atom. The molecule has 1 aromatic rings. The standard InChI is InChI=1S/C14H20ClNO3S/c1-20(17,18)7-6-14-9-16-13(10-19-14)8-11-2-4-12(15)5-3-11/h2-5,13-14,16H,6-10H2,1H3/t13-,14-/m0/s1. The van der Waals surface area contributed by atoms with Crippen molar-refractivity contribution >= 4 is 21.4 Å². The number of hydrogen-bond acceptors (Lipinski definition) is 4.